The van der Waals surface area contributed by atoms with E-state index in [1.165, 1.54) is 12.5 Å². The summed E-state index contributed by atoms with van der Waals surface area (Å²) >= 11 is 0. The molecule has 16 nitrogen and oxygen atoms in total. The van der Waals surface area contributed by atoms with Crippen molar-refractivity contribution in [3.05, 3.63) is 35.8 Å². The lowest BCUT2D eigenvalue weighted by atomic mass is 10.0. The molecule has 0 saturated carbocycles. The number of allylic oxidation sites excluding steroid dienone is 2. The van der Waals surface area contributed by atoms with Crippen molar-refractivity contribution in [3.8, 4) is 0 Å². The van der Waals surface area contributed by atoms with Gasteiger partial charge in [-0.3, -0.25) is 10.9 Å². The van der Waals surface area contributed by atoms with Crippen LogP contribution in [0.5, 0.6) is 0 Å². The summed E-state index contributed by atoms with van der Waals surface area (Å²) in [5, 5.41) is 15.3. The standard InChI is InChI=1S/C30H36N6O10/c1-6-29(7-2)43-25(37)21(26(38)44-29)31-33-23-19(16-41-35-23)12-10-9-11-15-30(8-3)45-27(39)22(28(40)46-30)32-34-24-20(17-42-36-24)14-13-18(4)5/h10,12-14,16-18H,6-9,11,15H2,1-5H3,(H,33,35)(H,34,36)/b12-10-,14-13-,32-22?. The molecular weight excluding hydrogens is 604 g/mol. The van der Waals surface area contributed by atoms with E-state index >= 15 is 0 Å². The van der Waals surface area contributed by atoms with Gasteiger partial charge < -0.3 is 28.0 Å². The lowest BCUT2D eigenvalue weighted by Crippen LogP contribution is -2.50. The van der Waals surface area contributed by atoms with Crippen molar-refractivity contribution in [3.63, 3.8) is 0 Å². The molecule has 0 unspecified atom stereocenters. The van der Waals surface area contributed by atoms with Gasteiger partial charge in [0.05, 0.1) is 11.1 Å². The zero-order valence-electron chi connectivity index (χ0n) is 26.2. The Hall–Kier alpha value is -5.28. The third-order valence-electron chi connectivity index (χ3n) is 7.13. The molecule has 0 radical (unpaired) electrons. The third-order valence-corrected chi connectivity index (χ3v) is 7.13. The molecule has 2 aliphatic heterocycles. The van der Waals surface area contributed by atoms with Gasteiger partial charge in [0, 0.05) is 25.7 Å². The van der Waals surface area contributed by atoms with Crippen LogP contribution in [0.3, 0.4) is 0 Å². The van der Waals surface area contributed by atoms with Gasteiger partial charge in [-0.05, 0) is 18.8 Å². The van der Waals surface area contributed by atoms with Gasteiger partial charge in [0.25, 0.3) is 23.0 Å². The van der Waals surface area contributed by atoms with Crippen LogP contribution in [0, 0.1) is 5.92 Å². The summed E-state index contributed by atoms with van der Waals surface area (Å²) in [4.78, 5) is 50.2. The fourth-order valence-corrected chi connectivity index (χ4v) is 4.33. The highest BCUT2D eigenvalue weighted by Gasteiger charge is 2.46. The van der Waals surface area contributed by atoms with Gasteiger partial charge >= 0.3 is 23.9 Å². The highest BCUT2D eigenvalue weighted by atomic mass is 16.8. The fourth-order valence-electron chi connectivity index (χ4n) is 4.33. The maximum Gasteiger partial charge on any atom is 0.369 e. The molecule has 0 aliphatic carbocycles. The molecule has 2 N–H and O–H groups in total. The molecule has 0 amide bonds. The van der Waals surface area contributed by atoms with Gasteiger partial charge in [0.1, 0.15) is 12.5 Å². The minimum Gasteiger partial charge on any atom is -0.418 e. The number of esters is 4. The first kappa shape index (κ1) is 33.6. The number of aromatic nitrogens is 2. The second kappa shape index (κ2) is 14.7. The summed E-state index contributed by atoms with van der Waals surface area (Å²) < 4.78 is 31.6. The first-order valence-electron chi connectivity index (χ1n) is 14.9. The number of nitrogens with zero attached hydrogens (tertiary/aromatic N) is 4. The number of hydrogen-bond donors (Lipinski definition) is 2. The van der Waals surface area contributed by atoms with Crippen LogP contribution < -0.4 is 10.9 Å². The van der Waals surface area contributed by atoms with Crippen molar-refractivity contribution >= 4 is 59.1 Å². The smallest absolute Gasteiger partial charge is 0.369 e. The summed E-state index contributed by atoms with van der Waals surface area (Å²) in [6.07, 6.45) is 11.9. The molecule has 246 valence electrons. The molecule has 2 aromatic rings. The van der Waals surface area contributed by atoms with Crippen molar-refractivity contribution in [1.82, 2.24) is 10.3 Å². The molecule has 46 heavy (non-hydrogen) atoms. The molecule has 4 rings (SSSR count). The lowest BCUT2D eigenvalue weighted by Gasteiger charge is -2.35. The summed E-state index contributed by atoms with van der Waals surface area (Å²) in [5.74, 6) is -5.77. The molecule has 2 aromatic heterocycles. The van der Waals surface area contributed by atoms with Crippen LogP contribution in [0.2, 0.25) is 0 Å². The van der Waals surface area contributed by atoms with Crippen LogP contribution in [-0.4, -0.2) is 57.2 Å². The molecule has 2 fully saturated rings. The Kier molecular flexibility index (Phi) is 10.7. The van der Waals surface area contributed by atoms with E-state index in [1.54, 1.807) is 39.0 Å². The first-order chi connectivity index (χ1) is 22.0. The van der Waals surface area contributed by atoms with Crippen molar-refractivity contribution in [2.75, 3.05) is 10.9 Å². The Bertz CT molecular complexity index is 1520. The summed E-state index contributed by atoms with van der Waals surface area (Å²) in [6, 6.07) is 0. The number of ether oxygens (including phenoxy) is 4. The van der Waals surface area contributed by atoms with Crippen molar-refractivity contribution in [1.29, 1.82) is 0 Å². The number of carbonyl (C=O) groups excluding carboxylic acids is 4. The molecule has 2 saturated heterocycles. The Morgan fingerprint density at radius 3 is 1.65 bits per heavy atom. The second-order valence-electron chi connectivity index (χ2n) is 10.7. The van der Waals surface area contributed by atoms with Crippen LogP contribution in [-0.2, 0) is 38.1 Å². The van der Waals surface area contributed by atoms with Crippen molar-refractivity contribution < 1.29 is 47.2 Å². The van der Waals surface area contributed by atoms with Gasteiger partial charge in [-0.25, -0.2) is 19.2 Å². The molecule has 2 aliphatic rings. The number of cyclic esters (lactones) is 4. The average molecular weight is 641 g/mol. The number of nitrogens with one attached hydrogen (secondary N) is 2. The van der Waals surface area contributed by atoms with Crippen molar-refractivity contribution in [2.45, 2.75) is 84.7 Å². The van der Waals surface area contributed by atoms with Crippen LogP contribution in [0.4, 0.5) is 11.6 Å². The topological polar surface area (TPSA) is 206 Å². The van der Waals surface area contributed by atoms with Crippen LogP contribution in [0.15, 0.2) is 43.9 Å². The predicted molar refractivity (Wildman–Crippen MR) is 163 cm³/mol. The van der Waals surface area contributed by atoms with E-state index in [-0.39, 0.29) is 30.4 Å². The molecule has 0 spiro atoms. The summed E-state index contributed by atoms with van der Waals surface area (Å²) in [5.41, 5.74) is 5.05. The SMILES string of the molecule is CCC1(CC)OC(=O)C(=NNc2nocc2/C=C\CCCC2(CC)OC(=O)C(=NNc3nocc3/C=C\C(C)C)C(=O)O2)C(=O)O1. The monoisotopic (exact) mass is 640 g/mol. The lowest BCUT2D eigenvalue weighted by molar-refractivity contribution is -0.232. The zero-order valence-corrected chi connectivity index (χ0v) is 26.2. The largest absolute Gasteiger partial charge is 0.418 e. The molecule has 0 bridgehead atoms. The van der Waals surface area contributed by atoms with E-state index in [9.17, 15) is 19.2 Å². The van der Waals surface area contributed by atoms with Gasteiger partial charge in [0.15, 0.2) is 11.6 Å². The molecule has 0 aromatic carbocycles. The highest BCUT2D eigenvalue weighted by molar-refractivity contribution is 6.63. The van der Waals surface area contributed by atoms with E-state index in [1.807, 2.05) is 19.9 Å². The first-order valence-corrected chi connectivity index (χ1v) is 14.9. The Balaban J connectivity index is 1.30. The molecule has 0 atom stereocenters. The van der Waals surface area contributed by atoms with E-state index in [4.69, 9.17) is 28.0 Å². The van der Waals surface area contributed by atoms with Gasteiger partial charge in [0.2, 0.25) is 0 Å². The van der Waals surface area contributed by atoms with Crippen LogP contribution in [0.1, 0.15) is 84.3 Å². The van der Waals surface area contributed by atoms with Gasteiger partial charge in [-0.1, -0.05) is 69.2 Å². The van der Waals surface area contributed by atoms with Crippen molar-refractivity contribution in [2.24, 2.45) is 16.1 Å². The highest BCUT2D eigenvalue weighted by Crippen LogP contribution is 2.30. The van der Waals surface area contributed by atoms with E-state index in [2.05, 4.69) is 31.4 Å². The van der Waals surface area contributed by atoms with E-state index in [0.717, 1.165) is 0 Å². The third kappa shape index (κ3) is 7.86. The minimum absolute atomic E-state index is 0.140. The average Bonchev–Trinajstić information content (AvgIpc) is 3.68. The number of anilines is 2. The Labute approximate surface area is 264 Å². The summed E-state index contributed by atoms with van der Waals surface area (Å²) in [7, 11) is 0. The minimum atomic E-state index is -1.45. The van der Waals surface area contributed by atoms with Gasteiger partial charge in [-0.15, -0.1) is 0 Å². The van der Waals surface area contributed by atoms with E-state index in [0.29, 0.717) is 36.8 Å². The quantitative estimate of drug-likeness (QED) is 0.165. The Morgan fingerprint density at radius 1 is 0.739 bits per heavy atom. The maximum atomic E-state index is 12.7. The predicted octanol–water partition coefficient (Wildman–Crippen LogP) is 4.57. The number of hydrogen-bond acceptors (Lipinski definition) is 16. The fraction of sp³-hybridized carbons (Fsp3) is 0.467. The number of hydrazone groups is 2. The molecular formula is C30H36N6O10. The normalized spacial score (nSPS) is 19.7. The van der Waals surface area contributed by atoms with E-state index < -0.39 is 46.9 Å². The summed E-state index contributed by atoms with van der Waals surface area (Å²) in [6.45, 7) is 9.22. The van der Waals surface area contributed by atoms with Crippen LogP contribution >= 0.6 is 0 Å². The molecule has 4 heterocycles. The number of unbranched alkanes of at least 4 members (excludes halogenated alkanes) is 1. The van der Waals surface area contributed by atoms with Crippen LogP contribution in [0.25, 0.3) is 12.2 Å². The maximum absolute atomic E-state index is 12.7. The van der Waals surface area contributed by atoms with Gasteiger partial charge in [-0.2, -0.15) is 10.2 Å². The number of carbonyl (C=O) groups is 4. The molecule has 16 heteroatoms. The number of rotatable bonds is 14. The zero-order chi connectivity index (χ0) is 33.3. The Morgan fingerprint density at radius 2 is 1.20 bits per heavy atom. The second-order valence-corrected chi connectivity index (χ2v) is 10.7.